The second-order valence-corrected chi connectivity index (χ2v) is 5.37. The van der Waals surface area contributed by atoms with E-state index in [9.17, 15) is 22.8 Å². The van der Waals surface area contributed by atoms with E-state index in [0.717, 1.165) is 0 Å². The molecule has 0 amide bonds. The van der Waals surface area contributed by atoms with Crippen molar-refractivity contribution in [2.24, 2.45) is 0 Å². The highest BCUT2D eigenvalue weighted by Gasteiger charge is 2.32. The maximum atomic E-state index is 12.6. The molecule has 0 saturated carbocycles. The molecular formula is C17H11F3N2O2. The number of benzene rings is 1. The minimum Gasteiger partial charge on any atom is -0.289 e. The van der Waals surface area contributed by atoms with Crippen LogP contribution < -0.4 is 0 Å². The van der Waals surface area contributed by atoms with Gasteiger partial charge >= 0.3 is 6.18 Å². The summed E-state index contributed by atoms with van der Waals surface area (Å²) in [5.41, 5.74) is 0.126. The molecule has 0 saturated heterocycles. The highest BCUT2D eigenvalue weighted by molar-refractivity contribution is 6.26. The summed E-state index contributed by atoms with van der Waals surface area (Å²) < 4.78 is 37.6. The molecule has 0 fully saturated rings. The van der Waals surface area contributed by atoms with Gasteiger partial charge in [0.1, 0.15) is 5.82 Å². The smallest absolute Gasteiger partial charge is 0.289 e. The van der Waals surface area contributed by atoms with Crippen molar-refractivity contribution in [2.75, 3.05) is 0 Å². The summed E-state index contributed by atoms with van der Waals surface area (Å²) in [5.74, 6) is -0.545. The molecule has 7 heteroatoms. The third-order valence-corrected chi connectivity index (χ3v) is 3.85. The SMILES string of the molecule is CC1=C(Cc2ncc(C(F)(F)F)cn2)C(=O)c2ccccc2C1=O. The fourth-order valence-corrected chi connectivity index (χ4v) is 2.51. The fourth-order valence-electron chi connectivity index (χ4n) is 2.51. The third-order valence-electron chi connectivity index (χ3n) is 3.85. The first-order chi connectivity index (χ1) is 11.3. The zero-order chi connectivity index (χ0) is 17.5. The summed E-state index contributed by atoms with van der Waals surface area (Å²) in [4.78, 5) is 32.2. The number of carbonyl (C=O) groups excluding carboxylic acids is 2. The lowest BCUT2D eigenvalue weighted by Crippen LogP contribution is -2.22. The molecule has 4 nitrogen and oxygen atoms in total. The van der Waals surface area contributed by atoms with E-state index in [1.54, 1.807) is 24.3 Å². The van der Waals surface area contributed by atoms with Gasteiger partial charge in [-0.25, -0.2) is 9.97 Å². The van der Waals surface area contributed by atoms with Crippen LogP contribution in [0.2, 0.25) is 0 Å². The maximum absolute atomic E-state index is 12.6. The molecule has 1 heterocycles. The number of Topliss-reactive ketones (excluding diaryl/α,β-unsaturated/α-hetero) is 2. The van der Waals surface area contributed by atoms with Crippen molar-refractivity contribution in [3.63, 3.8) is 0 Å². The van der Waals surface area contributed by atoms with E-state index in [1.165, 1.54) is 6.92 Å². The first kappa shape index (κ1) is 16.0. The molecule has 1 aliphatic rings. The Bertz CT molecular complexity index is 868. The first-order valence-corrected chi connectivity index (χ1v) is 7.05. The van der Waals surface area contributed by atoms with Crippen LogP contribution in [0.25, 0.3) is 0 Å². The van der Waals surface area contributed by atoms with E-state index in [2.05, 4.69) is 9.97 Å². The van der Waals surface area contributed by atoms with Gasteiger partial charge in [0.25, 0.3) is 0 Å². The number of hydrogen-bond acceptors (Lipinski definition) is 4. The summed E-state index contributed by atoms with van der Waals surface area (Å²) in [5, 5.41) is 0. The quantitative estimate of drug-likeness (QED) is 0.845. The number of aromatic nitrogens is 2. The lowest BCUT2D eigenvalue weighted by atomic mass is 9.83. The molecule has 1 aliphatic carbocycles. The molecule has 0 atom stereocenters. The topological polar surface area (TPSA) is 59.9 Å². The summed E-state index contributed by atoms with van der Waals surface area (Å²) in [6.07, 6.45) is -3.28. The second-order valence-electron chi connectivity index (χ2n) is 5.37. The Morgan fingerprint density at radius 2 is 1.50 bits per heavy atom. The van der Waals surface area contributed by atoms with Crippen LogP contribution in [0.4, 0.5) is 13.2 Å². The molecule has 1 aromatic heterocycles. The molecule has 0 bridgehead atoms. The molecule has 122 valence electrons. The molecular weight excluding hydrogens is 321 g/mol. The number of hydrogen-bond donors (Lipinski definition) is 0. The highest BCUT2D eigenvalue weighted by atomic mass is 19.4. The van der Waals surface area contributed by atoms with Crippen molar-refractivity contribution in [1.82, 2.24) is 9.97 Å². The number of allylic oxidation sites excluding steroid dienone is 2. The van der Waals surface area contributed by atoms with Crippen LogP contribution in [0.1, 0.15) is 39.0 Å². The molecule has 0 aliphatic heterocycles. The van der Waals surface area contributed by atoms with Crippen LogP contribution in [0.15, 0.2) is 47.8 Å². The fraction of sp³-hybridized carbons (Fsp3) is 0.176. The second kappa shape index (κ2) is 5.67. The van der Waals surface area contributed by atoms with Gasteiger partial charge in [-0.1, -0.05) is 24.3 Å². The number of carbonyl (C=O) groups is 2. The summed E-state index contributed by atoms with van der Waals surface area (Å²) in [7, 11) is 0. The van der Waals surface area contributed by atoms with Crippen LogP contribution in [-0.4, -0.2) is 21.5 Å². The van der Waals surface area contributed by atoms with Crippen LogP contribution >= 0.6 is 0 Å². The minimum atomic E-state index is -4.52. The van der Waals surface area contributed by atoms with Gasteiger partial charge in [-0.15, -0.1) is 0 Å². The number of nitrogens with zero attached hydrogens (tertiary/aromatic N) is 2. The molecule has 2 aromatic rings. The number of rotatable bonds is 2. The lowest BCUT2D eigenvalue weighted by Gasteiger charge is -2.18. The average Bonchev–Trinajstić information content (AvgIpc) is 2.56. The summed E-state index contributed by atoms with van der Waals surface area (Å²) >= 11 is 0. The third kappa shape index (κ3) is 2.73. The number of ketones is 2. The Kier molecular flexibility index (Phi) is 3.79. The monoisotopic (exact) mass is 332 g/mol. The molecule has 0 N–H and O–H groups in total. The van der Waals surface area contributed by atoms with E-state index in [4.69, 9.17) is 0 Å². The van der Waals surface area contributed by atoms with Crippen LogP contribution in [-0.2, 0) is 12.6 Å². The van der Waals surface area contributed by atoms with Crippen molar-refractivity contribution in [1.29, 1.82) is 0 Å². The number of fused-ring (bicyclic) bond motifs is 1. The Morgan fingerprint density at radius 1 is 0.958 bits per heavy atom. The van der Waals surface area contributed by atoms with Gasteiger partial charge in [0.05, 0.1) is 5.56 Å². The number of halogens is 3. The zero-order valence-electron chi connectivity index (χ0n) is 12.5. The van der Waals surface area contributed by atoms with Crippen molar-refractivity contribution in [2.45, 2.75) is 19.5 Å². The van der Waals surface area contributed by atoms with Crippen LogP contribution in [0, 0.1) is 0 Å². The van der Waals surface area contributed by atoms with E-state index in [1.807, 2.05) is 0 Å². The molecule has 0 radical (unpaired) electrons. The largest absolute Gasteiger partial charge is 0.419 e. The Labute approximate surface area is 135 Å². The molecule has 0 spiro atoms. The van der Waals surface area contributed by atoms with Crippen molar-refractivity contribution in [3.8, 4) is 0 Å². The standard InChI is InChI=1S/C17H11F3N2O2/c1-9-13(6-14-21-7-10(8-22-14)17(18,19)20)16(24)12-5-3-2-4-11(12)15(9)23/h2-5,7-8H,6H2,1H3. The van der Waals surface area contributed by atoms with Gasteiger partial charge in [-0.3, -0.25) is 9.59 Å². The van der Waals surface area contributed by atoms with E-state index >= 15 is 0 Å². The molecule has 3 rings (SSSR count). The van der Waals surface area contributed by atoms with Gasteiger partial charge in [0.15, 0.2) is 11.6 Å². The predicted octanol–water partition coefficient (Wildman–Crippen LogP) is 3.43. The van der Waals surface area contributed by atoms with Crippen molar-refractivity contribution in [3.05, 3.63) is 70.3 Å². The van der Waals surface area contributed by atoms with Gasteiger partial charge in [-0.05, 0) is 6.92 Å². The lowest BCUT2D eigenvalue weighted by molar-refractivity contribution is -0.138. The normalized spacial score (nSPS) is 14.8. The summed E-state index contributed by atoms with van der Waals surface area (Å²) in [6.45, 7) is 1.52. The minimum absolute atomic E-state index is 0.0536. The summed E-state index contributed by atoms with van der Waals surface area (Å²) in [6, 6.07) is 6.44. The van der Waals surface area contributed by atoms with Crippen LogP contribution in [0.3, 0.4) is 0 Å². The predicted molar refractivity (Wildman–Crippen MR) is 78.5 cm³/mol. The van der Waals surface area contributed by atoms with E-state index in [-0.39, 0.29) is 40.5 Å². The molecule has 0 unspecified atom stereocenters. The molecule has 24 heavy (non-hydrogen) atoms. The van der Waals surface area contributed by atoms with Crippen LogP contribution in [0.5, 0.6) is 0 Å². The highest BCUT2D eigenvalue weighted by Crippen LogP contribution is 2.29. The van der Waals surface area contributed by atoms with Gasteiger partial charge in [0.2, 0.25) is 0 Å². The van der Waals surface area contributed by atoms with E-state index in [0.29, 0.717) is 18.0 Å². The maximum Gasteiger partial charge on any atom is 0.419 e. The van der Waals surface area contributed by atoms with Gasteiger partial charge in [-0.2, -0.15) is 13.2 Å². The Balaban J connectivity index is 1.94. The van der Waals surface area contributed by atoms with Crippen molar-refractivity contribution >= 4 is 11.6 Å². The van der Waals surface area contributed by atoms with Crippen molar-refractivity contribution < 1.29 is 22.8 Å². The molecule has 1 aromatic carbocycles. The Hall–Kier alpha value is -2.83. The van der Waals surface area contributed by atoms with E-state index < -0.39 is 11.7 Å². The van der Waals surface area contributed by atoms with Gasteiger partial charge in [0, 0.05) is 41.1 Å². The zero-order valence-corrected chi connectivity index (χ0v) is 12.5. The van der Waals surface area contributed by atoms with Gasteiger partial charge < -0.3 is 0 Å². The first-order valence-electron chi connectivity index (χ1n) is 7.05. The number of alkyl halides is 3. The average molecular weight is 332 g/mol. The Morgan fingerprint density at radius 3 is 2.04 bits per heavy atom.